The van der Waals surface area contributed by atoms with Gasteiger partial charge in [0.25, 0.3) is 0 Å². The third kappa shape index (κ3) is 6.37. The number of nitrogens with zero attached hydrogens (tertiary/aromatic N) is 4. The predicted molar refractivity (Wildman–Crippen MR) is 120 cm³/mol. The molecule has 1 fully saturated rings. The summed E-state index contributed by atoms with van der Waals surface area (Å²) in [6.07, 6.45) is 8.70. The molecule has 1 aromatic heterocycles. The zero-order chi connectivity index (χ0) is 18.2. The molecule has 7 nitrogen and oxygen atoms in total. The Balaban J connectivity index is 0.00000261. The van der Waals surface area contributed by atoms with Gasteiger partial charge in [-0.15, -0.1) is 24.0 Å². The Morgan fingerprint density at radius 1 is 1.22 bits per heavy atom. The van der Waals surface area contributed by atoms with Crippen molar-refractivity contribution in [2.45, 2.75) is 25.3 Å². The second-order valence-corrected chi connectivity index (χ2v) is 6.59. The van der Waals surface area contributed by atoms with E-state index < -0.39 is 0 Å². The van der Waals surface area contributed by atoms with E-state index in [0.717, 1.165) is 50.8 Å². The highest BCUT2D eigenvalue weighted by atomic mass is 127. The molecule has 0 aromatic carbocycles. The molecule has 2 aliphatic rings. The van der Waals surface area contributed by atoms with E-state index in [0.29, 0.717) is 19.0 Å². The predicted octanol–water partition coefficient (Wildman–Crippen LogP) is 1.62. The van der Waals surface area contributed by atoms with Crippen molar-refractivity contribution in [3.63, 3.8) is 0 Å². The fourth-order valence-corrected chi connectivity index (χ4v) is 3.29. The summed E-state index contributed by atoms with van der Waals surface area (Å²) >= 11 is 0. The summed E-state index contributed by atoms with van der Waals surface area (Å²) < 4.78 is 0. The average Bonchev–Trinajstić information content (AvgIpc) is 3.21. The number of aromatic nitrogens is 1. The van der Waals surface area contributed by atoms with Gasteiger partial charge in [0.15, 0.2) is 5.96 Å². The third-order valence-electron chi connectivity index (χ3n) is 4.81. The van der Waals surface area contributed by atoms with Crippen LogP contribution in [0.25, 0.3) is 0 Å². The maximum atomic E-state index is 12.4. The lowest BCUT2D eigenvalue weighted by molar-refractivity contribution is -0.131. The second kappa shape index (κ2) is 11.1. The van der Waals surface area contributed by atoms with Crippen LogP contribution in [0.5, 0.6) is 0 Å². The van der Waals surface area contributed by atoms with Gasteiger partial charge in [0.2, 0.25) is 5.91 Å². The van der Waals surface area contributed by atoms with Crippen molar-refractivity contribution in [2.75, 3.05) is 44.7 Å². The van der Waals surface area contributed by atoms with Crippen LogP contribution in [0.4, 0.5) is 5.82 Å². The number of pyridine rings is 1. The SMILES string of the molecule is CN=C(NCCC(=O)N1CCN(c2ccccn2)CC1)NC1CC=CC1.I. The van der Waals surface area contributed by atoms with Crippen molar-refractivity contribution in [1.29, 1.82) is 0 Å². The highest BCUT2D eigenvalue weighted by molar-refractivity contribution is 14.0. The van der Waals surface area contributed by atoms with Gasteiger partial charge >= 0.3 is 0 Å². The number of guanidine groups is 1. The van der Waals surface area contributed by atoms with Gasteiger partial charge in [0.05, 0.1) is 0 Å². The Hall–Kier alpha value is -1.84. The first-order chi connectivity index (χ1) is 12.8. The fourth-order valence-electron chi connectivity index (χ4n) is 3.29. The molecule has 1 aliphatic carbocycles. The van der Waals surface area contributed by atoms with Gasteiger partial charge in [-0.2, -0.15) is 0 Å². The van der Waals surface area contributed by atoms with Crippen LogP contribution in [0.2, 0.25) is 0 Å². The Morgan fingerprint density at radius 2 is 1.96 bits per heavy atom. The number of piperazine rings is 1. The highest BCUT2D eigenvalue weighted by Crippen LogP contribution is 2.13. The Labute approximate surface area is 178 Å². The molecule has 1 amide bonds. The lowest BCUT2D eigenvalue weighted by Gasteiger charge is -2.35. The lowest BCUT2D eigenvalue weighted by Crippen LogP contribution is -2.50. The number of rotatable bonds is 5. The van der Waals surface area contributed by atoms with E-state index in [1.165, 1.54) is 0 Å². The number of amides is 1. The molecule has 0 atom stereocenters. The smallest absolute Gasteiger partial charge is 0.224 e. The molecule has 2 N–H and O–H groups in total. The number of carbonyl (C=O) groups excluding carboxylic acids is 1. The molecule has 27 heavy (non-hydrogen) atoms. The minimum Gasteiger partial charge on any atom is -0.356 e. The minimum atomic E-state index is 0. The van der Waals surface area contributed by atoms with E-state index in [4.69, 9.17) is 0 Å². The van der Waals surface area contributed by atoms with Crippen molar-refractivity contribution in [2.24, 2.45) is 4.99 Å². The summed E-state index contributed by atoms with van der Waals surface area (Å²) in [6, 6.07) is 6.34. The number of hydrogen-bond donors (Lipinski definition) is 2. The van der Waals surface area contributed by atoms with Crippen LogP contribution in [0, 0.1) is 0 Å². The topological polar surface area (TPSA) is 72.9 Å². The lowest BCUT2D eigenvalue weighted by atomic mass is 10.2. The van der Waals surface area contributed by atoms with Crippen molar-refractivity contribution < 1.29 is 4.79 Å². The van der Waals surface area contributed by atoms with Crippen molar-refractivity contribution in [3.8, 4) is 0 Å². The second-order valence-electron chi connectivity index (χ2n) is 6.59. The van der Waals surface area contributed by atoms with Crippen molar-refractivity contribution in [1.82, 2.24) is 20.5 Å². The van der Waals surface area contributed by atoms with Gasteiger partial charge in [0.1, 0.15) is 5.82 Å². The van der Waals surface area contributed by atoms with E-state index in [1.807, 2.05) is 23.1 Å². The molecule has 0 saturated carbocycles. The first-order valence-corrected chi connectivity index (χ1v) is 9.32. The highest BCUT2D eigenvalue weighted by Gasteiger charge is 2.21. The molecule has 1 aromatic rings. The molecule has 3 rings (SSSR count). The number of halogens is 1. The largest absolute Gasteiger partial charge is 0.356 e. The minimum absolute atomic E-state index is 0. The summed E-state index contributed by atoms with van der Waals surface area (Å²) in [5.41, 5.74) is 0. The van der Waals surface area contributed by atoms with Crippen LogP contribution in [0.3, 0.4) is 0 Å². The van der Waals surface area contributed by atoms with Crippen LogP contribution in [0.1, 0.15) is 19.3 Å². The van der Waals surface area contributed by atoms with Crippen molar-refractivity contribution in [3.05, 3.63) is 36.5 Å². The summed E-state index contributed by atoms with van der Waals surface area (Å²) in [6.45, 7) is 3.74. The zero-order valence-electron chi connectivity index (χ0n) is 15.8. The summed E-state index contributed by atoms with van der Waals surface area (Å²) in [5, 5.41) is 6.62. The van der Waals surface area contributed by atoms with E-state index >= 15 is 0 Å². The summed E-state index contributed by atoms with van der Waals surface area (Å²) in [5.74, 6) is 1.94. The first kappa shape index (κ1) is 21.5. The van der Waals surface area contributed by atoms with Crippen LogP contribution < -0.4 is 15.5 Å². The summed E-state index contributed by atoms with van der Waals surface area (Å²) in [4.78, 5) is 25.2. The number of carbonyl (C=O) groups is 1. The molecular weight excluding hydrogens is 455 g/mol. The van der Waals surface area contributed by atoms with Crippen molar-refractivity contribution >= 4 is 41.7 Å². The standard InChI is InChI=1S/C19H28N6O.HI/c1-20-19(23-16-6-2-3-7-16)22-11-9-18(26)25-14-12-24(13-15-25)17-8-4-5-10-21-17;/h2-5,8,10,16H,6-7,9,11-15H2,1H3,(H2,20,22,23);1H. The maximum absolute atomic E-state index is 12.4. The molecule has 1 aliphatic heterocycles. The van der Waals surface area contributed by atoms with E-state index in [1.54, 1.807) is 13.2 Å². The molecule has 1 saturated heterocycles. The molecule has 0 spiro atoms. The fraction of sp³-hybridized carbons (Fsp3) is 0.526. The van der Waals surface area contributed by atoms with E-state index in [2.05, 4.69) is 37.7 Å². The van der Waals surface area contributed by atoms with Gasteiger partial charge in [0, 0.05) is 58.4 Å². The van der Waals surface area contributed by atoms with Crippen LogP contribution in [-0.2, 0) is 4.79 Å². The van der Waals surface area contributed by atoms with Gasteiger partial charge in [-0.3, -0.25) is 9.79 Å². The van der Waals surface area contributed by atoms with Gasteiger partial charge in [-0.05, 0) is 25.0 Å². The van der Waals surface area contributed by atoms with Gasteiger partial charge < -0.3 is 20.4 Å². The maximum Gasteiger partial charge on any atom is 0.224 e. The molecule has 148 valence electrons. The quantitative estimate of drug-likeness (QED) is 0.288. The third-order valence-corrected chi connectivity index (χ3v) is 4.81. The van der Waals surface area contributed by atoms with Gasteiger partial charge in [-0.1, -0.05) is 18.2 Å². The van der Waals surface area contributed by atoms with Crippen LogP contribution >= 0.6 is 24.0 Å². The van der Waals surface area contributed by atoms with Gasteiger partial charge in [-0.25, -0.2) is 4.98 Å². The number of nitrogens with one attached hydrogen (secondary N) is 2. The van der Waals surface area contributed by atoms with Crippen LogP contribution in [-0.4, -0.2) is 67.6 Å². The molecule has 0 unspecified atom stereocenters. The molecule has 8 heteroatoms. The Bertz CT molecular complexity index is 635. The molecule has 0 radical (unpaired) electrons. The number of hydrogen-bond acceptors (Lipinski definition) is 4. The van der Waals surface area contributed by atoms with E-state index in [9.17, 15) is 4.79 Å². The summed E-state index contributed by atoms with van der Waals surface area (Å²) in [7, 11) is 1.76. The number of anilines is 1. The molecule has 2 heterocycles. The molecular formula is C19H29IN6O. The molecule has 0 bridgehead atoms. The Morgan fingerprint density at radius 3 is 2.59 bits per heavy atom. The van der Waals surface area contributed by atoms with Crippen LogP contribution in [0.15, 0.2) is 41.5 Å². The van der Waals surface area contributed by atoms with E-state index in [-0.39, 0.29) is 29.9 Å². The first-order valence-electron chi connectivity index (χ1n) is 9.32. The Kier molecular flexibility index (Phi) is 8.83. The zero-order valence-corrected chi connectivity index (χ0v) is 18.1. The monoisotopic (exact) mass is 484 g/mol. The normalized spacial score (nSPS) is 17.6. The number of aliphatic imine (C=N–C) groups is 1. The average molecular weight is 484 g/mol.